The molecule has 8 nitrogen and oxygen atoms in total. The Morgan fingerprint density at radius 3 is 2.19 bits per heavy atom. The first-order chi connectivity index (χ1) is 20.5. The van der Waals surface area contributed by atoms with Crippen LogP contribution in [0.4, 0.5) is 5.69 Å². The number of ether oxygens (including phenoxy) is 3. The number of benzene rings is 3. The van der Waals surface area contributed by atoms with Crippen molar-refractivity contribution in [2.75, 3.05) is 19.1 Å². The number of nitrogens with one attached hydrogen (secondary N) is 1. The van der Waals surface area contributed by atoms with Crippen LogP contribution >= 0.6 is 12.2 Å². The van der Waals surface area contributed by atoms with Gasteiger partial charge in [-0.25, -0.2) is 4.79 Å². The van der Waals surface area contributed by atoms with Gasteiger partial charge >= 0.3 is 5.97 Å². The zero-order chi connectivity index (χ0) is 29.1. The van der Waals surface area contributed by atoms with Crippen molar-refractivity contribution < 1.29 is 23.4 Å². The number of nitrogens with zero attached hydrogens (tertiary/aromatic N) is 2. The van der Waals surface area contributed by atoms with E-state index in [1.807, 2.05) is 95.9 Å². The van der Waals surface area contributed by atoms with Crippen LogP contribution < -0.4 is 19.7 Å². The Bertz CT molecular complexity index is 1690. The van der Waals surface area contributed by atoms with Gasteiger partial charge in [0.2, 0.25) is 0 Å². The lowest BCUT2D eigenvalue weighted by molar-refractivity contribution is 0.0600. The van der Waals surface area contributed by atoms with E-state index in [1.54, 1.807) is 25.4 Å². The highest BCUT2D eigenvalue weighted by Gasteiger charge is 2.42. The molecule has 9 heteroatoms. The summed E-state index contributed by atoms with van der Waals surface area (Å²) in [4.78, 5) is 18.5. The fourth-order valence-corrected chi connectivity index (χ4v) is 5.28. The second-order valence-electron chi connectivity index (χ2n) is 9.54. The lowest BCUT2D eigenvalue weighted by Crippen LogP contribution is -2.29. The van der Waals surface area contributed by atoms with Gasteiger partial charge in [0.25, 0.3) is 0 Å². The van der Waals surface area contributed by atoms with Crippen LogP contribution in [0.5, 0.6) is 17.2 Å². The van der Waals surface area contributed by atoms with E-state index in [-0.39, 0.29) is 18.1 Å². The Labute approximate surface area is 248 Å². The fraction of sp³-hybridized carbons (Fsp3) is 0.121. The Morgan fingerprint density at radius 2 is 1.55 bits per heavy atom. The molecule has 3 heterocycles. The van der Waals surface area contributed by atoms with Crippen molar-refractivity contribution in [1.82, 2.24) is 10.3 Å². The molecule has 6 rings (SSSR count). The first-order valence-electron chi connectivity index (χ1n) is 13.2. The summed E-state index contributed by atoms with van der Waals surface area (Å²) in [7, 11) is 2.99. The molecule has 1 N–H and O–H groups in total. The number of carbonyl (C=O) groups excluding carboxylic acids is 1. The van der Waals surface area contributed by atoms with Crippen LogP contribution in [0.25, 0.3) is 11.3 Å². The van der Waals surface area contributed by atoms with Gasteiger partial charge in [0.15, 0.2) is 5.11 Å². The summed E-state index contributed by atoms with van der Waals surface area (Å²) in [5.41, 5.74) is 3.02. The van der Waals surface area contributed by atoms with Crippen molar-refractivity contribution in [2.24, 2.45) is 0 Å². The van der Waals surface area contributed by atoms with E-state index in [1.165, 1.54) is 7.11 Å². The molecule has 2 aromatic heterocycles. The van der Waals surface area contributed by atoms with E-state index in [2.05, 4.69) is 10.3 Å². The van der Waals surface area contributed by atoms with E-state index in [0.29, 0.717) is 33.7 Å². The summed E-state index contributed by atoms with van der Waals surface area (Å²) in [6.07, 6.45) is 1.77. The molecule has 210 valence electrons. The maximum atomic E-state index is 11.9. The number of pyridine rings is 1. The van der Waals surface area contributed by atoms with Crippen LogP contribution in [0.1, 0.15) is 33.9 Å². The summed E-state index contributed by atoms with van der Waals surface area (Å²) in [6.45, 7) is 0. The summed E-state index contributed by atoms with van der Waals surface area (Å²) in [6, 6.07) is 31.4. The number of esters is 1. The summed E-state index contributed by atoms with van der Waals surface area (Å²) in [5, 5.41) is 4.00. The normalized spacial score (nSPS) is 16.1. The third-order valence-electron chi connectivity index (χ3n) is 7.02. The maximum Gasteiger partial charge on any atom is 0.337 e. The van der Waals surface area contributed by atoms with Gasteiger partial charge < -0.3 is 28.8 Å². The monoisotopic (exact) mass is 577 g/mol. The van der Waals surface area contributed by atoms with Crippen LogP contribution in [0, 0.1) is 0 Å². The molecular formula is C33H27N3O5S. The van der Waals surface area contributed by atoms with Gasteiger partial charge in [-0.05, 0) is 97.1 Å². The van der Waals surface area contributed by atoms with E-state index in [0.717, 1.165) is 22.7 Å². The molecule has 1 aliphatic heterocycles. The number of hydrogen-bond acceptors (Lipinski definition) is 7. The van der Waals surface area contributed by atoms with E-state index >= 15 is 0 Å². The van der Waals surface area contributed by atoms with Crippen molar-refractivity contribution in [3.63, 3.8) is 0 Å². The Kier molecular flexibility index (Phi) is 7.57. The standard InChI is InChI=1S/C33H27N3O5S/c1-38-24-14-16-26(17-15-24)40-25-12-10-23(11-13-25)36-31(30(35-33(36)42)27-5-3-4-20-34-27)29-19-18-28(41-29)21-6-8-22(9-7-21)32(37)39-2/h3-20,30-31H,1-2H3,(H,35,42). The molecule has 2 unspecified atom stereocenters. The predicted molar refractivity (Wildman–Crippen MR) is 163 cm³/mol. The molecule has 2 atom stereocenters. The number of anilines is 1. The lowest BCUT2D eigenvalue weighted by atomic mass is 10.0. The second kappa shape index (κ2) is 11.8. The quantitative estimate of drug-likeness (QED) is 0.153. The average molecular weight is 578 g/mol. The van der Waals surface area contributed by atoms with Crippen LogP contribution in [-0.4, -0.2) is 30.3 Å². The molecular weight excluding hydrogens is 550 g/mol. The Balaban J connectivity index is 1.31. The topological polar surface area (TPSA) is 86.1 Å². The zero-order valence-electron chi connectivity index (χ0n) is 22.9. The molecule has 0 amide bonds. The van der Waals surface area contributed by atoms with Gasteiger partial charge in [0.05, 0.1) is 31.5 Å². The number of carbonyl (C=O) groups is 1. The molecule has 42 heavy (non-hydrogen) atoms. The molecule has 1 saturated heterocycles. The first-order valence-corrected chi connectivity index (χ1v) is 13.7. The van der Waals surface area contributed by atoms with Crippen molar-refractivity contribution >= 4 is 29.0 Å². The number of thiocarbonyl (C=S) groups is 1. The number of furan rings is 1. The van der Waals surface area contributed by atoms with E-state index < -0.39 is 0 Å². The van der Waals surface area contributed by atoms with Crippen LogP contribution in [0.2, 0.25) is 0 Å². The minimum absolute atomic E-state index is 0.255. The molecule has 1 fully saturated rings. The van der Waals surface area contributed by atoms with E-state index in [9.17, 15) is 4.79 Å². The molecule has 0 aliphatic carbocycles. The van der Waals surface area contributed by atoms with Crippen LogP contribution in [-0.2, 0) is 4.74 Å². The second-order valence-corrected chi connectivity index (χ2v) is 9.93. The van der Waals surface area contributed by atoms with Gasteiger partial charge in [-0.15, -0.1) is 0 Å². The number of hydrogen-bond donors (Lipinski definition) is 1. The maximum absolute atomic E-state index is 11.9. The average Bonchev–Trinajstić information content (AvgIpc) is 3.67. The molecule has 5 aromatic rings. The van der Waals surface area contributed by atoms with Crippen LogP contribution in [0.3, 0.4) is 0 Å². The molecule has 0 spiro atoms. The van der Waals surface area contributed by atoms with Crippen molar-refractivity contribution in [3.05, 3.63) is 126 Å². The third kappa shape index (κ3) is 5.42. The van der Waals surface area contributed by atoms with Gasteiger partial charge in [-0.3, -0.25) is 4.98 Å². The number of methoxy groups -OCH3 is 2. The smallest absolute Gasteiger partial charge is 0.337 e. The number of aromatic nitrogens is 1. The van der Waals surface area contributed by atoms with Crippen molar-refractivity contribution in [3.8, 4) is 28.6 Å². The third-order valence-corrected chi connectivity index (χ3v) is 7.33. The van der Waals surface area contributed by atoms with Crippen molar-refractivity contribution in [2.45, 2.75) is 12.1 Å². The van der Waals surface area contributed by atoms with E-state index in [4.69, 9.17) is 30.8 Å². The Morgan fingerprint density at radius 1 is 0.857 bits per heavy atom. The van der Waals surface area contributed by atoms with Crippen LogP contribution in [0.15, 0.2) is 114 Å². The molecule has 0 radical (unpaired) electrons. The molecule has 0 saturated carbocycles. The fourth-order valence-electron chi connectivity index (χ4n) is 4.93. The SMILES string of the molecule is COC(=O)c1ccc(-c2ccc(C3C(c4ccccn4)NC(=S)N3c3ccc(Oc4ccc(OC)cc4)cc3)o2)cc1. The summed E-state index contributed by atoms with van der Waals surface area (Å²) < 4.78 is 22.5. The van der Waals surface area contributed by atoms with Gasteiger partial charge in [0, 0.05) is 17.4 Å². The van der Waals surface area contributed by atoms with Gasteiger partial charge in [0.1, 0.15) is 34.8 Å². The highest BCUT2D eigenvalue weighted by Crippen LogP contribution is 2.43. The minimum atomic E-state index is -0.388. The zero-order valence-corrected chi connectivity index (χ0v) is 23.7. The minimum Gasteiger partial charge on any atom is -0.497 e. The summed E-state index contributed by atoms with van der Waals surface area (Å²) >= 11 is 5.85. The highest BCUT2D eigenvalue weighted by molar-refractivity contribution is 7.80. The largest absolute Gasteiger partial charge is 0.497 e. The molecule has 1 aliphatic rings. The Hall–Kier alpha value is -5.15. The molecule has 0 bridgehead atoms. The molecule has 3 aromatic carbocycles. The van der Waals surface area contributed by atoms with Gasteiger partial charge in [-0.2, -0.15) is 0 Å². The first kappa shape index (κ1) is 27.0. The lowest BCUT2D eigenvalue weighted by Gasteiger charge is -2.26. The van der Waals surface area contributed by atoms with Gasteiger partial charge in [-0.1, -0.05) is 18.2 Å². The van der Waals surface area contributed by atoms with Crippen molar-refractivity contribution in [1.29, 1.82) is 0 Å². The number of rotatable bonds is 8. The predicted octanol–water partition coefficient (Wildman–Crippen LogP) is 7.11. The summed E-state index contributed by atoms with van der Waals surface area (Å²) in [5.74, 6) is 3.15. The highest BCUT2D eigenvalue weighted by atomic mass is 32.1.